The summed E-state index contributed by atoms with van der Waals surface area (Å²) in [6, 6.07) is -2.45. The molecule has 0 aliphatic heterocycles. The highest BCUT2D eigenvalue weighted by atomic mass is 16.2. The molecule has 0 heterocycles. The molecule has 27 heavy (non-hydrogen) atoms. The predicted molar refractivity (Wildman–Crippen MR) is 103 cm³/mol. The van der Waals surface area contributed by atoms with Gasteiger partial charge in [-0.15, -0.1) is 0 Å². The average molecular weight is 386 g/mol. The monoisotopic (exact) mass is 385 g/mol. The van der Waals surface area contributed by atoms with Crippen molar-refractivity contribution in [1.29, 1.82) is 0 Å². The Morgan fingerprint density at radius 3 is 1.89 bits per heavy atom. The first-order valence-electron chi connectivity index (χ1n) is 9.42. The highest BCUT2D eigenvalue weighted by Crippen LogP contribution is 2.11. The summed E-state index contributed by atoms with van der Waals surface area (Å²) in [7, 11) is 0. The van der Waals surface area contributed by atoms with Crippen molar-refractivity contribution in [2.45, 2.75) is 72.0 Å². The second kappa shape index (κ2) is 12.3. The average Bonchev–Trinajstić information content (AvgIpc) is 2.58. The van der Waals surface area contributed by atoms with Crippen molar-refractivity contribution in [1.82, 2.24) is 16.0 Å². The first-order valence-corrected chi connectivity index (χ1v) is 9.42. The van der Waals surface area contributed by atoms with Crippen LogP contribution in [0.25, 0.3) is 0 Å². The van der Waals surface area contributed by atoms with Crippen LogP contribution in [0.3, 0.4) is 0 Å². The SMILES string of the molecule is CC[C@H](C)[C@H](NC(=O)[C@H](CCCN)NC(C)=O)C(=O)N[C@H](C(N)=O)C(C)C. The maximum absolute atomic E-state index is 12.7. The fourth-order valence-electron chi connectivity index (χ4n) is 2.60. The van der Waals surface area contributed by atoms with Gasteiger partial charge >= 0.3 is 0 Å². The van der Waals surface area contributed by atoms with E-state index in [0.29, 0.717) is 25.8 Å². The van der Waals surface area contributed by atoms with Gasteiger partial charge in [0.25, 0.3) is 0 Å². The summed E-state index contributed by atoms with van der Waals surface area (Å²) in [6.07, 6.45) is 1.55. The third-order valence-electron chi connectivity index (χ3n) is 4.46. The molecule has 0 fully saturated rings. The Morgan fingerprint density at radius 2 is 1.48 bits per heavy atom. The second-order valence-corrected chi connectivity index (χ2v) is 7.19. The van der Waals surface area contributed by atoms with E-state index in [0.717, 1.165) is 0 Å². The van der Waals surface area contributed by atoms with Gasteiger partial charge in [0.15, 0.2) is 0 Å². The Hall–Kier alpha value is -2.16. The van der Waals surface area contributed by atoms with Crippen molar-refractivity contribution in [3.8, 4) is 0 Å². The number of nitrogens with one attached hydrogen (secondary N) is 3. The molecule has 7 N–H and O–H groups in total. The summed E-state index contributed by atoms with van der Waals surface area (Å²) in [5.74, 6) is -2.27. The largest absolute Gasteiger partial charge is 0.368 e. The van der Waals surface area contributed by atoms with Crippen LogP contribution in [0, 0.1) is 11.8 Å². The quantitative estimate of drug-likeness (QED) is 0.303. The van der Waals surface area contributed by atoms with Crippen LogP contribution >= 0.6 is 0 Å². The van der Waals surface area contributed by atoms with Crippen LogP contribution in [-0.2, 0) is 19.2 Å². The fourth-order valence-corrected chi connectivity index (χ4v) is 2.60. The van der Waals surface area contributed by atoms with Crippen LogP contribution in [0.5, 0.6) is 0 Å². The molecule has 0 aliphatic rings. The van der Waals surface area contributed by atoms with Gasteiger partial charge in [-0.2, -0.15) is 0 Å². The van der Waals surface area contributed by atoms with Crippen LogP contribution in [-0.4, -0.2) is 48.3 Å². The molecule has 0 spiro atoms. The maximum Gasteiger partial charge on any atom is 0.243 e. The lowest BCUT2D eigenvalue weighted by atomic mass is 9.96. The lowest BCUT2D eigenvalue weighted by Gasteiger charge is -2.28. The zero-order valence-corrected chi connectivity index (χ0v) is 17.0. The van der Waals surface area contributed by atoms with E-state index >= 15 is 0 Å². The Labute approximate surface area is 161 Å². The Balaban J connectivity index is 5.32. The molecular formula is C18H35N5O4. The molecule has 4 atom stereocenters. The Kier molecular flexibility index (Phi) is 11.3. The number of nitrogens with two attached hydrogens (primary N) is 2. The van der Waals surface area contributed by atoms with Gasteiger partial charge in [-0.1, -0.05) is 34.1 Å². The molecule has 0 saturated heterocycles. The number of carbonyl (C=O) groups is 4. The van der Waals surface area contributed by atoms with Gasteiger partial charge in [0.2, 0.25) is 23.6 Å². The summed E-state index contributed by atoms with van der Waals surface area (Å²) in [5, 5.41) is 7.91. The predicted octanol–water partition coefficient (Wildman–Crippen LogP) is -0.613. The lowest BCUT2D eigenvalue weighted by molar-refractivity contribution is -0.134. The van der Waals surface area contributed by atoms with E-state index in [2.05, 4.69) is 16.0 Å². The molecule has 0 rings (SSSR count). The highest BCUT2D eigenvalue weighted by molar-refractivity contribution is 5.94. The van der Waals surface area contributed by atoms with Gasteiger partial charge in [0, 0.05) is 6.92 Å². The minimum absolute atomic E-state index is 0.179. The summed E-state index contributed by atoms with van der Waals surface area (Å²) < 4.78 is 0. The zero-order chi connectivity index (χ0) is 21.1. The molecule has 0 aromatic carbocycles. The van der Waals surface area contributed by atoms with Crippen LogP contribution in [0.15, 0.2) is 0 Å². The summed E-state index contributed by atoms with van der Waals surface area (Å²) >= 11 is 0. The van der Waals surface area contributed by atoms with Crippen molar-refractivity contribution in [3.63, 3.8) is 0 Å². The topological polar surface area (TPSA) is 156 Å². The van der Waals surface area contributed by atoms with Crippen molar-refractivity contribution < 1.29 is 19.2 Å². The second-order valence-electron chi connectivity index (χ2n) is 7.19. The maximum atomic E-state index is 12.7. The van der Waals surface area contributed by atoms with Crippen LogP contribution in [0.1, 0.15) is 53.9 Å². The Bertz CT molecular complexity index is 524. The summed E-state index contributed by atoms with van der Waals surface area (Å²) in [4.78, 5) is 48.3. The molecule has 9 heteroatoms. The fraction of sp³-hybridized carbons (Fsp3) is 0.778. The highest BCUT2D eigenvalue weighted by Gasteiger charge is 2.32. The van der Waals surface area contributed by atoms with Gasteiger partial charge in [0.1, 0.15) is 18.1 Å². The van der Waals surface area contributed by atoms with Crippen molar-refractivity contribution in [2.75, 3.05) is 6.54 Å². The van der Waals surface area contributed by atoms with Crippen molar-refractivity contribution in [3.05, 3.63) is 0 Å². The molecule has 0 unspecified atom stereocenters. The number of hydrogen-bond donors (Lipinski definition) is 5. The molecule has 0 aromatic heterocycles. The zero-order valence-electron chi connectivity index (χ0n) is 17.0. The molecule has 0 bridgehead atoms. The number of primary amides is 1. The van der Waals surface area contributed by atoms with Crippen LogP contribution in [0.4, 0.5) is 0 Å². The normalized spacial score (nSPS) is 15.4. The van der Waals surface area contributed by atoms with Crippen LogP contribution in [0.2, 0.25) is 0 Å². The van der Waals surface area contributed by atoms with E-state index in [-0.39, 0.29) is 17.7 Å². The lowest BCUT2D eigenvalue weighted by Crippen LogP contribution is -2.59. The van der Waals surface area contributed by atoms with Gasteiger partial charge in [-0.05, 0) is 31.2 Å². The molecule has 9 nitrogen and oxygen atoms in total. The smallest absolute Gasteiger partial charge is 0.243 e. The third kappa shape index (κ3) is 8.85. The molecule has 0 radical (unpaired) electrons. The van der Waals surface area contributed by atoms with E-state index < -0.39 is 35.8 Å². The number of amides is 4. The number of hydrogen-bond acceptors (Lipinski definition) is 5. The minimum atomic E-state index is -0.850. The first kappa shape index (κ1) is 24.8. The van der Waals surface area contributed by atoms with E-state index in [1.54, 1.807) is 13.8 Å². The van der Waals surface area contributed by atoms with E-state index in [4.69, 9.17) is 11.5 Å². The molecule has 156 valence electrons. The molecule has 0 aliphatic carbocycles. The standard InChI is InChI=1S/C18H35N5O4/c1-6-11(4)15(18(27)22-14(10(2)3)16(20)25)23-17(26)13(8-7-9-19)21-12(5)24/h10-11,13-15H,6-9,19H2,1-5H3,(H2,20,25)(H,21,24)(H,22,27)(H,23,26)/t11-,13-,14-,15-/m0/s1. The molecule has 0 saturated carbocycles. The van der Waals surface area contributed by atoms with Gasteiger partial charge in [-0.25, -0.2) is 0 Å². The first-order chi connectivity index (χ1) is 12.5. The molecular weight excluding hydrogens is 350 g/mol. The Morgan fingerprint density at radius 1 is 0.926 bits per heavy atom. The summed E-state index contributed by atoms with van der Waals surface area (Å²) in [6.45, 7) is 8.96. The molecule has 4 amide bonds. The van der Waals surface area contributed by atoms with Crippen LogP contribution < -0.4 is 27.4 Å². The molecule has 0 aromatic rings. The van der Waals surface area contributed by atoms with Crippen molar-refractivity contribution in [2.24, 2.45) is 23.3 Å². The third-order valence-corrected chi connectivity index (χ3v) is 4.46. The van der Waals surface area contributed by atoms with E-state index in [1.807, 2.05) is 13.8 Å². The minimum Gasteiger partial charge on any atom is -0.368 e. The number of carbonyl (C=O) groups excluding carboxylic acids is 4. The van der Waals surface area contributed by atoms with Gasteiger partial charge in [0.05, 0.1) is 0 Å². The van der Waals surface area contributed by atoms with E-state index in [1.165, 1.54) is 6.92 Å². The van der Waals surface area contributed by atoms with E-state index in [9.17, 15) is 19.2 Å². The van der Waals surface area contributed by atoms with Crippen molar-refractivity contribution >= 4 is 23.6 Å². The summed E-state index contributed by atoms with van der Waals surface area (Å²) in [5.41, 5.74) is 10.8. The van der Waals surface area contributed by atoms with Gasteiger partial charge in [-0.3, -0.25) is 19.2 Å². The van der Waals surface area contributed by atoms with Gasteiger partial charge < -0.3 is 27.4 Å². The number of rotatable bonds is 12.